The highest BCUT2D eigenvalue weighted by molar-refractivity contribution is 6.39. The van der Waals surface area contributed by atoms with Crippen molar-refractivity contribution in [2.75, 3.05) is 45.4 Å². The molecule has 2 aliphatic rings. The van der Waals surface area contributed by atoms with Gasteiger partial charge in [0.05, 0.1) is 35.9 Å². The number of nitrogens with zero attached hydrogens (tertiary/aromatic N) is 3. The van der Waals surface area contributed by atoms with E-state index in [1.807, 2.05) is 30.3 Å². The van der Waals surface area contributed by atoms with E-state index in [1.54, 1.807) is 22.9 Å². The SMILES string of the molecule is COC(=O)C(CNC(=O)N1CCC2(CC1)C(=O)N(C)CN2c1ccccc1)NC(=O)c1c(Cl)cccc1Cl. The van der Waals surface area contributed by atoms with Gasteiger partial charge in [0.1, 0.15) is 11.6 Å². The number of rotatable bonds is 6. The van der Waals surface area contributed by atoms with Crippen LogP contribution >= 0.6 is 23.2 Å². The second-order valence-corrected chi connectivity index (χ2v) is 10.1. The molecule has 12 heteroatoms. The van der Waals surface area contributed by atoms with Gasteiger partial charge >= 0.3 is 12.0 Å². The summed E-state index contributed by atoms with van der Waals surface area (Å²) in [5, 5.41) is 5.47. The first-order valence-corrected chi connectivity index (χ1v) is 12.9. The topological polar surface area (TPSA) is 111 Å². The fraction of sp³-hybridized carbons (Fsp3) is 0.385. The van der Waals surface area contributed by atoms with Crippen LogP contribution in [0.15, 0.2) is 48.5 Å². The molecule has 38 heavy (non-hydrogen) atoms. The number of halogens is 2. The molecule has 1 spiro atoms. The average Bonchev–Trinajstić information content (AvgIpc) is 3.16. The number of likely N-dealkylation sites (tertiary alicyclic amines) is 1. The normalized spacial score (nSPS) is 17.4. The molecule has 1 unspecified atom stereocenters. The Labute approximate surface area is 230 Å². The number of ether oxygens (including phenoxy) is 1. The van der Waals surface area contributed by atoms with Crippen molar-refractivity contribution in [3.8, 4) is 0 Å². The molecule has 0 radical (unpaired) electrons. The third-order valence-corrected chi connectivity index (χ3v) is 7.63. The quantitative estimate of drug-likeness (QED) is 0.524. The van der Waals surface area contributed by atoms with Crippen molar-refractivity contribution in [2.24, 2.45) is 0 Å². The Hall–Kier alpha value is -3.50. The van der Waals surface area contributed by atoms with Crippen LogP contribution in [0.1, 0.15) is 23.2 Å². The highest BCUT2D eigenvalue weighted by Crippen LogP contribution is 2.38. The van der Waals surface area contributed by atoms with Crippen molar-refractivity contribution in [1.29, 1.82) is 0 Å². The van der Waals surface area contributed by atoms with Crippen LogP contribution < -0.4 is 15.5 Å². The molecule has 2 aliphatic heterocycles. The van der Waals surface area contributed by atoms with Crippen molar-refractivity contribution in [1.82, 2.24) is 20.4 Å². The van der Waals surface area contributed by atoms with Crippen LogP contribution in [-0.4, -0.2) is 85.7 Å². The smallest absolute Gasteiger partial charge is 0.330 e. The molecule has 2 saturated heterocycles. The lowest BCUT2D eigenvalue weighted by Gasteiger charge is -2.43. The summed E-state index contributed by atoms with van der Waals surface area (Å²) in [6.07, 6.45) is 0.918. The largest absolute Gasteiger partial charge is 0.467 e. The Morgan fingerprint density at radius 2 is 1.66 bits per heavy atom. The zero-order chi connectivity index (χ0) is 27.4. The Balaban J connectivity index is 1.39. The molecule has 2 aromatic rings. The summed E-state index contributed by atoms with van der Waals surface area (Å²) in [5.74, 6) is -1.37. The summed E-state index contributed by atoms with van der Waals surface area (Å²) < 4.78 is 4.79. The molecular weight excluding hydrogens is 533 g/mol. The number of esters is 1. The van der Waals surface area contributed by atoms with Gasteiger partial charge in [-0.3, -0.25) is 9.59 Å². The first-order chi connectivity index (χ1) is 18.2. The molecule has 202 valence electrons. The Morgan fingerprint density at radius 1 is 1.03 bits per heavy atom. The summed E-state index contributed by atoms with van der Waals surface area (Å²) in [4.78, 5) is 56.7. The maximum atomic E-state index is 13.2. The van der Waals surface area contributed by atoms with Gasteiger partial charge in [0, 0.05) is 25.8 Å². The molecule has 4 rings (SSSR count). The van der Waals surface area contributed by atoms with Crippen molar-refractivity contribution in [3.05, 3.63) is 64.1 Å². The van der Waals surface area contributed by atoms with E-state index in [-0.39, 0.29) is 28.1 Å². The fourth-order valence-corrected chi connectivity index (χ4v) is 5.53. The third-order valence-electron chi connectivity index (χ3n) is 7.00. The lowest BCUT2D eigenvalue weighted by molar-refractivity contribution is -0.142. The molecule has 0 saturated carbocycles. The van der Waals surface area contributed by atoms with Gasteiger partial charge in [0.25, 0.3) is 5.91 Å². The number of methoxy groups -OCH3 is 1. The van der Waals surface area contributed by atoms with Gasteiger partial charge in [-0.25, -0.2) is 9.59 Å². The lowest BCUT2D eigenvalue weighted by atomic mass is 9.85. The number of amides is 4. The Kier molecular flexibility index (Phi) is 8.32. The molecule has 0 bridgehead atoms. The number of urea groups is 1. The van der Waals surface area contributed by atoms with Crippen molar-refractivity contribution < 1.29 is 23.9 Å². The number of carbonyl (C=O) groups is 4. The van der Waals surface area contributed by atoms with Crippen LogP contribution in [0.2, 0.25) is 10.0 Å². The van der Waals surface area contributed by atoms with Crippen LogP contribution in [-0.2, 0) is 14.3 Å². The number of nitrogens with one attached hydrogen (secondary N) is 2. The summed E-state index contributed by atoms with van der Waals surface area (Å²) in [6.45, 7) is 0.961. The standard InChI is InChI=1S/C26H29Cl2N5O5/c1-31-16-33(17-7-4-3-5-8-17)26(24(31)36)11-13-32(14-12-26)25(37)29-15-20(23(35)38-2)30-22(34)21-18(27)9-6-10-19(21)28/h3-10,20H,11-16H2,1-2H3,(H,29,37)(H,30,34). The molecule has 2 N–H and O–H groups in total. The van der Waals surface area contributed by atoms with Crippen LogP contribution in [0.4, 0.5) is 10.5 Å². The van der Waals surface area contributed by atoms with E-state index in [9.17, 15) is 19.2 Å². The maximum absolute atomic E-state index is 13.2. The molecule has 10 nitrogen and oxygen atoms in total. The minimum atomic E-state index is -1.17. The predicted octanol–water partition coefficient (Wildman–Crippen LogP) is 2.75. The number of benzene rings is 2. The van der Waals surface area contributed by atoms with Gasteiger partial charge in [-0.2, -0.15) is 0 Å². The highest BCUT2D eigenvalue weighted by atomic mass is 35.5. The van der Waals surface area contributed by atoms with Crippen LogP contribution in [0, 0.1) is 0 Å². The van der Waals surface area contributed by atoms with E-state index in [0.29, 0.717) is 32.6 Å². The van der Waals surface area contributed by atoms with Gasteiger partial charge in [0.2, 0.25) is 5.91 Å². The van der Waals surface area contributed by atoms with Gasteiger partial charge < -0.3 is 30.1 Å². The number of hydrogen-bond acceptors (Lipinski definition) is 6. The molecule has 0 aromatic heterocycles. The first-order valence-electron chi connectivity index (χ1n) is 12.1. The summed E-state index contributed by atoms with van der Waals surface area (Å²) in [7, 11) is 2.97. The van der Waals surface area contributed by atoms with Crippen LogP contribution in [0.5, 0.6) is 0 Å². The molecule has 4 amide bonds. The maximum Gasteiger partial charge on any atom is 0.330 e. The Morgan fingerprint density at radius 3 is 2.26 bits per heavy atom. The van der Waals surface area contributed by atoms with Crippen molar-refractivity contribution in [2.45, 2.75) is 24.4 Å². The molecule has 1 atom stereocenters. The van der Waals surface area contributed by atoms with Crippen molar-refractivity contribution >= 4 is 52.7 Å². The number of para-hydroxylation sites is 1. The zero-order valence-corrected chi connectivity index (χ0v) is 22.6. The van der Waals surface area contributed by atoms with E-state index >= 15 is 0 Å². The minimum absolute atomic E-state index is 0.0200. The minimum Gasteiger partial charge on any atom is -0.467 e. The molecule has 2 heterocycles. The van der Waals surface area contributed by atoms with Crippen LogP contribution in [0.3, 0.4) is 0 Å². The number of carbonyl (C=O) groups excluding carboxylic acids is 4. The molecular formula is C26H29Cl2N5O5. The van der Waals surface area contributed by atoms with Crippen LogP contribution in [0.25, 0.3) is 0 Å². The lowest BCUT2D eigenvalue weighted by Crippen LogP contribution is -2.59. The second-order valence-electron chi connectivity index (χ2n) is 9.26. The number of hydrogen-bond donors (Lipinski definition) is 2. The van der Waals surface area contributed by atoms with Gasteiger partial charge in [-0.1, -0.05) is 47.5 Å². The van der Waals surface area contributed by atoms with Crippen molar-refractivity contribution in [3.63, 3.8) is 0 Å². The Bertz CT molecular complexity index is 1200. The number of anilines is 1. The van der Waals surface area contributed by atoms with E-state index in [1.165, 1.54) is 19.2 Å². The van der Waals surface area contributed by atoms with Gasteiger partial charge in [-0.15, -0.1) is 0 Å². The second kappa shape index (κ2) is 11.5. The van der Waals surface area contributed by atoms with Gasteiger partial charge in [-0.05, 0) is 37.1 Å². The number of likely N-dealkylation sites (N-methyl/N-ethyl adjacent to an activating group) is 1. The van der Waals surface area contributed by atoms with E-state index in [0.717, 1.165) is 5.69 Å². The van der Waals surface area contributed by atoms with E-state index in [4.69, 9.17) is 27.9 Å². The molecule has 2 aromatic carbocycles. The monoisotopic (exact) mass is 561 g/mol. The fourth-order valence-electron chi connectivity index (χ4n) is 4.96. The zero-order valence-electron chi connectivity index (χ0n) is 21.1. The highest BCUT2D eigenvalue weighted by Gasteiger charge is 2.53. The first kappa shape index (κ1) is 27.5. The number of piperidine rings is 1. The van der Waals surface area contributed by atoms with E-state index < -0.39 is 29.5 Å². The summed E-state index contributed by atoms with van der Waals surface area (Å²) in [5.41, 5.74) is 0.258. The summed E-state index contributed by atoms with van der Waals surface area (Å²) in [6, 6.07) is 12.8. The third kappa shape index (κ3) is 5.37. The molecule has 0 aliphatic carbocycles. The van der Waals surface area contributed by atoms with E-state index in [2.05, 4.69) is 15.5 Å². The predicted molar refractivity (Wildman–Crippen MR) is 143 cm³/mol. The molecule has 2 fully saturated rings. The summed E-state index contributed by atoms with van der Waals surface area (Å²) >= 11 is 12.2. The average molecular weight is 562 g/mol. The van der Waals surface area contributed by atoms with Gasteiger partial charge in [0.15, 0.2) is 0 Å².